The fraction of sp³-hybridized carbons (Fsp3) is 0.500. The Morgan fingerprint density at radius 2 is 2.12 bits per heavy atom. The number of ether oxygens (including phenoxy) is 1. The third kappa shape index (κ3) is 6.73. The molecule has 0 radical (unpaired) electrons. The summed E-state index contributed by atoms with van der Waals surface area (Å²) in [5, 5.41) is 11.7. The van der Waals surface area contributed by atoms with E-state index >= 15 is 0 Å². The number of halogens is 2. The largest absolute Gasteiger partial charge is 0.394 e. The van der Waals surface area contributed by atoms with Crippen molar-refractivity contribution in [2.75, 3.05) is 26.4 Å². The highest BCUT2D eigenvalue weighted by Crippen LogP contribution is 2.14. The number of aliphatic hydroxyl groups excluding tert-OH is 1. The highest BCUT2D eigenvalue weighted by atomic mass is 79.9. The summed E-state index contributed by atoms with van der Waals surface area (Å²) in [5.41, 5.74) is 0.910. The molecule has 0 amide bonds. The molecule has 0 heterocycles. The van der Waals surface area contributed by atoms with Gasteiger partial charge in [-0.2, -0.15) is 0 Å². The Bertz CT molecular complexity index is 316. The van der Waals surface area contributed by atoms with Crippen molar-refractivity contribution in [3.05, 3.63) is 34.1 Å². The first kappa shape index (κ1) is 14.6. The Morgan fingerprint density at radius 1 is 1.29 bits per heavy atom. The molecule has 0 saturated carbocycles. The van der Waals surface area contributed by atoms with Gasteiger partial charge >= 0.3 is 0 Å². The van der Waals surface area contributed by atoms with Gasteiger partial charge in [0, 0.05) is 17.6 Å². The molecule has 0 unspecified atom stereocenters. The molecule has 2 N–H and O–H groups in total. The van der Waals surface area contributed by atoms with E-state index in [1.165, 1.54) is 12.1 Å². The second kappa shape index (κ2) is 8.58. The number of hydrogen-bond donors (Lipinski definition) is 2. The Balaban J connectivity index is 2.13. The van der Waals surface area contributed by atoms with E-state index in [4.69, 9.17) is 9.84 Å². The molecule has 0 spiro atoms. The monoisotopic (exact) mass is 305 g/mol. The number of nitrogens with one attached hydrogen (secondary N) is 1. The summed E-state index contributed by atoms with van der Waals surface area (Å²) in [6, 6.07) is 4.84. The minimum Gasteiger partial charge on any atom is -0.394 e. The number of aliphatic hydroxyl groups is 1. The Labute approximate surface area is 109 Å². The van der Waals surface area contributed by atoms with Gasteiger partial charge in [-0.25, -0.2) is 4.39 Å². The van der Waals surface area contributed by atoms with Crippen LogP contribution < -0.4 is 5.32 Å². The van der Waals surface area contributed by atoms with Gasteiger partial charge in [-0.15, -0.1) is 0 Å². The van der Waals surface area contributed by atoms with Crippen molar-refractivity contribution < 1.29 is 14.2 Å². The van der Waals surface area contributed by atoms with Crippen LogP contribution in [0, 0.1) is 5.82 Å². The van der Waals surface area contributed by atoms with Crippen molar-refractivity contribution in [3.8, 4) is 0 Å². The quantitative estimate of drug-likeness (QED) is 0.723. The van der Waals surface area contributed by atoms with Crippen LogP contribution in [0.1, 0.15) is 12.0 Å². The van der Waals surface area contributed by atoms with Crippen molar-refractivity contribution in [2.45, 2.75) is 13.0 Å². The third-order valence-corrected chi connectivity index (χ3v) is 2.59. The van der Waals surface area contributed by atoms with Crippen LogP contribution in [0.3, 0.4) is 0 Å². The predicted octanol–water partition coefficient (Wildman–Crippen LogP) is 2.08. The van der Waals surface area contributed by atoms with Crippen LogP contribution in [0.2, 0.25) is 0 Å². The minimum absolute atomic E-state index is 0.0603. The summed E-state index contributed by atoms with van der Waals surface area (Å²) < 4.78 is 18.9. The number of benzene rings is 1. The molecule has 0 aliphatic carbocycles. The lowest BCUT2D eigenvalue weighted by atomic mass is 10.2. The van der Waals surface area contributed by atoms with Gasteiger partial charge in [0.1, 0.15) is 5.82 Å². The summed E-state index contributed by atoms with van der Waals surface area (Å²) in [6.45, 7) is 2.51. The summed E-state index contributed by atoms with van der Waals surface area (Å²) >= 11 is 3.25. The van der Waals surface area contributed by atoms with Crippen molar-refractivity contribution in [3.63, 3.8) is 0 Å². The maximum absolute atomic E-state index is 13.0. The molecule has 1 rings (SSSR count). The summed E-state index contributed by atoms with van der Waals surface area (Å²) in [5.74, 6) is -0.234. The summed E-state index contributed by atoms with van der Waals surface area (Å²) in [7, 11) is 0. The van der Waals surface area contributed by atoms with Gasteiger partial charge in [0.2, 0.25) is 0 Å². The van der Waals surface area contributed by atoms with Gasteiger partial charge in [0.25, 0.3) is 0 Å². The van der Waals surface area contributed by atoms with Crippen LogP contribution in [0.5, 0.6) is 0 Å². The van der Waals surface area contributed by atoms with E-state index < -0.39 is 0 Å². The van der Waals surface area contributed by atoms with E-state index in [1.807, 2.05) is 6.07 Å². The minimum atomic E-state index is -0.234. The molecule has 0 aliphatic heterocycles. The van der Waals surface area contributed by atoms with Crippen molar-refractivity contribution in [1.29, 1.82) is 0 Å². The molecule has 1 aromatic carbocycles. The second-order valence-corrected chi connectivity index (χ2v) is 4.56. The van der Waals surface area contributed by atoms with E-state index in [0.717, 1.165) is 23.0 Å². The van der Waals surface area contributed by atoms with Crippen LogP contribution in [-0.4, -0.2) is 31.5 Å². The fourth-order valence-corrected chi connectivity index (χ4v) is 1.92. The van der Waals surface area contributed by atoms with Gasteiger partial charge in [-0.05, 0) is 36.7 Å². The zero-order valence-electron chi connectivity index (χ0n) is 9.59. The summed E-state index contributed by atoms with van der Waals surface area (Å²) in [4.78, 5) is 0. The first-order chi connectivity index (χ1) is 8.22. The van der Waals surface area contributed by atoms with Crippen LogP contribution >= 0.6 is 15.9 Å². The topological polar surface area (TPSA) is 41.5 Å². The molecule has 17 heavy (non-hydrogen) atoms. The van der Waals surface area contributed by atoms with Crippen LogP contribution in [0.15, 0.2) is 22.7 Å². The molecule has 5 heteroatoms. The first-order valence-electron chi connectivity index (χ1n) is 5.56. The molecular formula is C12H17BrFNO2. The molecule has 0 aromatic heterocycles. The molecule has 3 nitrogen and oxygen atoms in total. The average molecular weight is 306 g/mol. The molecule has 96 valence electrons. The fourth-order valence-electron chi connectivity index (χ4n) is 1.41. The lowest BCUT2D eigenvalue weighted by molar-refractivity contribution is 0.0907. The Kier molecular flexibility index (Phi) is 7.35. The predicted molar refractivity (Wildman–Crippen MR) is 68.3 cm³/mol. The number of rotatable bonds is 8. The van der Waals surface area contributed by atoms with E-state index in [-0.39, 0.29) is 12.4 Å². The zero-order chi connectivity index (χ0) is 12.5. The SMILES string of the molecule is OCCOCCCNCc1cc(F)cc(Br)c1. The molecular weight excluding hydrogens is 289 g/mol. The van der Waals surface area contributed by atoms with Crippen LogP contribution in [-0.2, 0) is 11.3 Å². The van der Waals surface area contributed by atoms with Gasteiger partial charge in [-0.1, -0.05) is 15.9 Å². The lowest BCUT2D eigenvalue weighted by Crippen LogP contribution is -2.16. The van der Waals surface area contributed by atoms with Crippen LogP contribution in [0.25, 0.3) is 0 Å². The molecule has 0 atom stereocenters. The van der Waals surface area contributed by atoms with E-state index in [0.29, 0.717) is 19.8 Å². The standard InChI is InChI=1S/C12H17BrFNO2/c13-11-6-10(7-12(14)8-11)9-15-2-1-4-17-5-3-16/h6-8,15-16H,1-5,9H2. The molecule has 0 saturated heterocycles. The lowest BCUT2D eigenvalue weighted by Gasteiger charge is -2.06. The molecule has 0 fully saturated rings. The average Bonchev–Trinajstić information content (AvgIpc) is 2.26. The normalized spacial score (nSPS) is 10.8. The maximum Gasteiger partial charge on any atom is 0.124 e. The highest BCUT2D eigenvalue weighted by molar-refractivity contribution is 9.10. The summed E-state index contributed by atoms with van der Waals surface area (Å²) in [6.07, 6.45) is 0.872. The van der Waals surface area contributed by atoms with Gasteiger partial charge < -0.3 is 15.2 Å². The van der Waals surface area contributed by atoms with E-state index in [9.17, 15) is 4.39 Å². The van der Waals surface area contributed by atoms with E-state index in [1.54, 1.807) is 0 Å². The number of hydrogen-bond acceptors (Lipinski definition) is 3. The van der Waals surface area contributed by atoms with Crippen molar-refractivity contribution in [2.24, 2.45) is 0 Å². The molecule has 1 aromatic rings. The first-order valence-corrected chi connectivity index (χ1v) is 6.36. The van der Waals surface area contributed by atoms with Gasteiger partial charge in [-0.3, -0.25) is 0 Å². The Hall–Kier alpha value is -0.490. The van der Waals surface area contributed by atoms with Crippen LogP contribution in [0.4, 0.5) is 4.39 Å². The second-order valence-electron chi connectivity index (χ2n) is 3.64. The molecule has 0 bridgehead atoms. The maximum atomic E-state index is 13.0. The van der Waals surface area contributed by atoms with Crippen molar-refractivity contribution >= 4 is 15.9 Å². The van der Waals surface area contributed by atoms with Gasteiger partial charge in [0.05, 0.1) is 13.2 Å². The smallest absolute Gasteiger partial charge is 0.124 e. The van der Waals surface area contributed by atoms with E-state index in [2.05, 4.69) is 21.2 Å². The highest BCUT2D eigenvalue weighted by Gasteiger charge is 1.98. The molecule has 0 aliphatic rings. The van der Waals surface area contributed by atoms with Gasteiger partial charge in [0.15, 0.2) is 0 Å². The Morgan fingerprint density at radius 3 is 2.82 bits per heavy atom. The van der Waals surface area contributed by atoms with Crippen molar-refractivity contribution in [1.82, 2.24) is 5.32 Å². The zero-order valence-corrected chi connectivity index (χ0v) is 11.2. The third-order valence-electron chi connectivity index (χ3n) is 2.13.